The van der Waals surface area contributed by atoms with Crippen molar-refractivity contribution in [2.24, 2.45) is 0 Å². The molecule has 1 aromatic carbocycles. The molecule has 1 aromatic rings. The summed E-state index contributed by atoms with van der Waals surface area (Å²) in [4.78, 5) is 11.3. The highest BCUT2D eigenvalue weighted by atomic mass is 16.5. The molecule has 0 saturated heterocycles. The highest BCUT2D eigenvalue weighted by Gasteiger charge is 2.41. The van der Waals surface area contributed by atoms with Crippen LogP contribution in [0.2, 0.25) is 0 Å². The van der Waals surface area contributed by atoms with Gasteiger partial charge in [-0.2, -0.15) is 0 Å². The normalized spacial score (nSPS) is 15.8. The van der Waals surface area contributed by atoms with Gasteiger partial charge in [0, 0.05) is 11.5 Å². The van der Waals surface area contributed by atoms with Crippen LogP contribution in [0.3, 0.4) is 0 Å². The van der Waals surface area contributed by atoms with E-state index in [9.17, 15) is 15.0 Å². The number of hydrogen-bond acceptors (Lipinski definition) is 3. The van der Waals surface area contributed by atoms with Crippen LogP contribution >= 0.6 is 0 Å². The van der Waals surface area contributed by atoms with Gasteiger partial charge < -0.3 is 14.9 Å². The maximum Gasteiger partial charge on any atom is 0.336 e. The zero-order valence-corrected chi connectivity index (χ0v) is 11.2. The fourth-order valence-corrected chi connectivity index (χ4v) is 2.09. The lowest BCUT2D eigenvalue weighted by molar-refractivity contribution is -0.161. The van der Waals surface area contributed by atoms with Crippen molar-refractivity contribution in [3.63, 3.8) is 0 Å². The first-order valence-electron chi connectivity index (χ1n) is 5.97. The first-order valence-corrected chi connectivity index (χ1v) is 5.97. The van der Waals surface area contributed by atoms with Gasteiger partial charge in [0.2, 0.25) is 0 Å². The summed E-state index contributed by atoms with van der Waals surface area (Å²) in [5.74, 6) is -1.16. The van der Waals surface area contributed by atoms with Crippen LogP contribution in [0.1, 0.15) is 37.3 Å². The SMILES string of the molecule is CCC(O)(C(=O)O)C(C)c1cc(C)ccc1OC. The molecule has 2 unspecified atom stereocenters. The van der Waals surface area contributed by atoms with Crippen molar-refractivity contribution in [3.05, 3.63) is 29.3 Å². The summed E-state index contributed by atoms with van der Waals surface area (Å²) in [5.41, 5.74) is -0.0631. The van der Waals surface area contributed by atoms with Crippen molar-refractivity contribution < 1.29 is 19.7 Å². The first kappa shape index (κ1) is 14.5. The number of aryl methyl sites for hydroxylation is 1. The molecule has 1 rings (SSSR count). The van der Waals surface area contributed by atoms with Crippen molar-refractivity contribution in [1.29, 1.82) is 0 Å². The Morgan fingerprint density at radius 1 is 1.50 bits per heavy atom. The molecule has 2 N–H and O–H groups in total. The van der Waals surface area contributed by atoms with Crippen LogP contribution in [-0.2, 0) is 4.79 Å². The van der Waals surface area contributed by atoms with E-state index in [1.54, 1.807) is 19.9 Å². The molecule has 18 heavy (non-hydrogen) atoms. The van der Waals surface area contributed by atoms with Crippen LogP contribution in [-0.4, -0.2) is 28.9 Å². The van der Waals surface area contributed by atoms with Crippen molar-refractivity contribution in [1.82, 2.24) is 0 Å². The van der Waals surface area contributed by atoms with Crippen molar-refractivity contribution in [2.75, 3.05) is 7.11 Å². The molecule has 0 amide bonds. The van der Waals surface area contributed by atoms with Gasteiger partial charge in [0.15, 0.2) is 5.60 Å². The largest absolute Gasteiger partial charge is 0.496 e. The van der Waals surface area contributed by atoms with Crippen molar-refractivity contribution in [3.8, 4) is 5.75 Å². The highest BCUT2D eigenvalue weighted by Crippen LogP contribution is 2.36. The van der Waals surface area contributed by atoms with Gasteiger partial charge in [-0.3, -0.25) is 0 Å². The number of carboxylic acid groups (broad SMARTS) is 1. The summed E-state index contributed by atoms with van der Waals surface area (Å²) in [6, 6.07) is 5.53. The number of hydrogen-bond donors (Lipinski definition) is 2. The average Bonchev–Trinajstić information content (AvgIpc) is 2.36. The number of methoxy groups -OCH3 is 1. The molecule has 2 atom stereocenters. The molecule has 100 valence electrons. The number of benzene rings is 1. The molecule has 0 aliphatic heterocycles. The zero-order chi connectivity index (χ0) is 13.9. The highest BCUT2D eigenvalue weighted by molar-refractivity contribution is 5.78. The van der Waals surface area contributed by atoms with E-state index < -0.39 is 17.5 Å². The number of carbonyl (C=O) groups is 1. The summed E-state index contributed by atoms with van der Waals surface area (Å²) in [5, 5.41) is 19.5. The summed E-state index contributed by atoms with van der Waals surface area (Å²) in [6.07, 6.45) is 0.139. The Bertz CT molecular complexity index is 441. The Kier molecular flexibility index (Phi) is 4.35. The van der Waals surface area contributed by atoms with Gasteiger partial charge >= 0.3 is 5.97 Å². The van der Waals surface area contributed by atoms with Crippen LogP contribution in [0, 0.1) is 6.92 Å². The molecule has 0 bridgehead atoms. The summed E-state index contributed by atoms with van der Waals surface area (Å²) in [6.45, 7) is 5.28. The third kappa shape index (κ3) is 2.48. The number of aliphatic hydroxyl groups is 1. The van der Waals surface area contributed by atoms with Crippen molar-refractivity contribution in [2.45, 2.75) is 38.7 Å². The Morgan fingerprint density at radius 2 is 2.11 bits per heavy atom. The second kappa shape index (κ2) is 5.40. The van der Waals surface area contributed by atoms with Crippen LogP contribution in [0.15, 0.2) is 18.2 Å². The minimum Gasteiger partial charge on any atom is -0.496 e. The molecule has 0 radical (unpaired) electrons. The number of rotatable bonds is 5. The number of carboxylic acids is 1. The second-order valence-electron chi connectivity index (χ2n) is 4.55. The second-order valence-corrected chi connectivity index (χ2v) is 4.55. The topological polar surface area (TPSA) is 66.8 Å². The molecule has 0 saturated carbocycles. The minimum atomic E-state index is -1.78. The molecule has 0 heterocycles. The van der Waals surface area contributed by atoms with E-state index in [1.165, 1.54) is 7.11 Å². The smallest absolute Gasteiger partial charge is 0.336 e. The first-order chi connectivity index (χ1) is 8.36. The lowest BCUT2D eigenvalue weighted by atomic mass is 9.80. The Labute approximate surface area is 107 Å². The quantitative estimate of drug-likeness (QED) is 0.844. The third-order valence-electron chi connectivity index (χ3n) is 3.48. The lowest BCUT2D eigenvalue weighted by Gasteiger charge is -2.30. The zero-order valence-electron chi connectivity index (χ0n) is 11.2. The Morgan fingerprint density at radius 3 is 2.56 bits per heavy atom. The van der Waals surface area contributed by atoms with E-state index in [-0.39, 0.29) is 6.42 Å². The third-order valence-corrected chi connectivity index (χ3v) is 3.48. The minimum absolute atomic E-state index is 0.139. The van der Waals surface area contributed by atoms with Crippen LogP contribution in [0.5, 0.6) is 5.75 Å². The number of ether oxygens (including phenoxy) is 1. The van der Waals surface area contributed by atoms with Crippen LogP contribution < -0.4 is 4.74 Å². The molecule has 4 heteroatoms. The fraction of sp³-hybridized carbons (Fsp3) is 0.500. The molecule has 0 aliphatic rings. The van der Waals surface area contributed by atoms with Crippen LogP contribution in [0.4, 0.5) is 0 Å². The van der Waals surface area contributed by atoms with Gasteiger partial charge in [0.05, 0.1) is 7.11 Å². The van der Waals surface area contributed by atoms with Gasteiger partial charge in [-0.1, -0.05) is 31.5 Å². The molecular formula is C14H20O4. The Balaban J connectivity index is 3.28. The standard InChI is InChI=1S/C14H20O4/c1-5-14(17,13(15)16)10(3)11-8-9(2)6-7-12(11)18-4/h6-8,10,17H,5H2,1-4H3,(H,15,16). The molecule has 0 spiro atoms. The Hall–Kier alpha value is -1.55. The molecule has 4 nitrogen and oxygen atoms in total. The summed E-state index contributed by atoms with van der Waals surface area (Å²) < 4.78 is 5.24. The van der Waals surface area contributed by atoms with E-state index in [1.807, 2.05) is 19.1 Å². The monoisotopic (exact) mass is 252 g/mol. The fourth-order valence-electron chi connectivity index (χ4n) is 2.09. The van der Waals surface area contributed by atoms with Crippen molar-refractivity contribution >= 4 is 5.97 Å². The molecule has 0 aromatic heterocycles. The maximum absolute atomic E-state index is 11.3. The predicted molar refractivity (Wildman–Crippen MR) is 69.0 cm³/mol. The van der Waals surface area contributed by atoms with Crippen LogP contribution in [0.25, 0.3) is 0 Å². The van der Waals surface area contributed by atoms with E-state index in [0.717, 1.165) is 5.56 Å². The van der Waals surface area contributed by atoms with Gasteiger partial charge in [-0.15, -0.1) is 0 Å². The summed E-state index contributed by atoms with van der Waals surface area (Å²) in [7, 11) is 1.53. The summed E-state index contributed by atoms with van der Waals surface area (Å²) >= 11 is 0. The van der Waals surface area contributed by atoms with Gasteiger partial charge in [-0.25, -0.2) is 4.79 Å². The van der Waals surface area contributed by atoms with Gasteiger partial charge in [-0.05, 0) is 19.4 Å². The van der Waals surface area contributed by atoms with E-state index >= 15 is 0 Å². The van der Waals surface area contributed by atoms with E-state index in [0.29, 0.717) is 11.3 Å². The number of aliphatic carboxylic acids is 1. The maximum atomic E-state index is 11.3. The molecule has 0 fully saturated rings. The average molecular weight is 252 g/mol. The van der Waals surface area contributed by atoms with E-state index in [4.69, 9.17) is 4.74 Å². The van der Waals surface area contributed by atoms with Gasteiger partial charge in [0.25, 0.3) is 0 Å². The van der Waals surface area contributed by atoms with E-state index in [2.05, 4.69) is 0 Å². The lowest BCUT2D eigenvalue weighted by Crippen LogP contribution is -2.43. The molecule has 0 aliphatic carbocycles. The van der Waals surface area contributed by atoms with Gasteiger partial charge in [0.1, 0.15) is 5.75 Å². The molecular weight excluding hydrogens is 232 g/mol. The predicted octanol–water partition coefficient (Wildman–Crippen LogP) is 2.33.